The lowest BCUT2D eigenvalue weighted by molar-refractivity contribution is 0.0696. The fraction of sp³-hybridized carbons (Fsp3) is 0.250. The van der Waals surface area contributed by atoms with Crippen LogP contribution in [0.1, 0.15) is 28.9 Å². The number of nitrogens with zero attached hydrogens (tertiary/aromatic N) is 2. The number of carbonyl (C=O) groups is 1. The second-order valence-electron chi connectivity index (χ2n) is 3.66. The van der Waals surface area contributed by atoms with Crippen molar-refractivity contribution in [3.8, 4) is 0 Å². The molecule has 2 rings (SSSR count). The van der Waals surface area contributed by atoms with Crippen LogP contribution in [0, 0.1) is 0 Å². The maximum Gasteiger partial charge on any atom is 0.337 e. The third kappa shape index (κ3) is 2.85. The summed E-state index contributed by atoms with van der Waals surface area (Å²) in [5, 5.41) is 11.7. The van der Waals surface area contributed by atoms with Gasteiger partial charge < -0.3 is 14.8 Å². The number of nitrogens with one attached hydrogen (secondary N) is 1. The largest absolute Gasteiger partial charge is 0.478 e. The molecule has 0 radical (unpaired) electrons. The van der Waals surface area contributed by atoms with Gasteiger partial charge >= 0.3 is 5.97 Å². The predicted octanol–water partition coefficient (Wildman–Crippen LogP) is 1.94. The Labute approximate surface area is 104 Å². The molecule has 18 heavy (non-hydrogen) atoms. The Kier molecular flexibility index (Phi) is 3.57. The van der Waals surface area contributed by atoms with E-state index in [0.717, 1.165) is 12.2 Å². The molecule has 2 N–H and O–H groups in total. The maximum atomic E-state index is 10.6. The number of oxazole rings is 1. The molecule has 2 heterocycles. The molecule has 0 aliphatic heterocycles. The SMILES string of the molecule is CCc1cnc(CNc2ccc(C(=O)O)cn2)o1. The highest BCUT2D eigenvalue weighted by atomic mass is 16.4. The molecule has 0 saturated heterocycles. The van der Waals surface area contributed by atoms with E-state index >= 15 is 0 Å². The molecule has 0 aliphatic carbocycles. The molecule has 6 heteroatoms. The van der Waals surface area contributed by atoms with E-state index in [9.17, 15) is 4.79 Å². The molecule has 6 nitrogen and oxygen atoms in total. The van der Waals surface area contributed by atoms with Gasteiger partial charge in [-0.05, 0) is 12.1 Å². The lowest BCUT2D eigenvalue weighted by Gasteiger charge is -2.02. The van der Waals surface area contributed by atoms with E-state index in [1.807, 2.05) is 6.92 Å². The van der Waals surface area contributed by atoms with Gasteiger partial charge in [0.1, 0.15) is 11.6 Å². The summed E-state index contributed by atoms with van der Waals surface area (Å²) in [5.74, 6) is 1.00. The molecule has 2 aromatic heterocycles. The van der Waals surface area contributed by atoms with Gasteiger partial charge in [0.15, 0.2) is 0 Å². The highest BCUT2D eigenvalue weighted by molar-refractivity contribution is 5.87. The molecule has 0 saturated carbocycles. The molecule has 0 spiro atoms. The van der Waals surface area contributed by atoms with E-state index in [2.05, 4.69) is 15.3 Å². The zero-order valence-electron chi connectivity index (χ0n) is 9.88. The van der Waals surface area contributed by atoms with Gasteiger partial charge in [0.25, 0.3) is 0 Å². The first-order chi connectivity index (χ1) is 8.69. The quantitative estimate of drug-likeness (QED) is 0.839. The summed E-state index contributed by atoms with van der Waals surface area (Å²) in [6, 6.07) is 3.10. The Morgan fingerprint density at radius 3 is 2.78 bits per heavy atom. The van der Waals surface area contributed by atoms with E-state index in [1.54, 1.807) is 12.3 Å². The van der Waals surface area contributed by atoms with Gasteiger partial charge in [0.05, 0.1) is 18.3 Å². The van der Waals surface area contributed by atoms with Crippen LogP contribution in [0.15, 0.2) is 28.9 Å². The van der Waals surface area contributed by atoms with Crippen molar-refractivity contribution in [1.29, 1.82) is 0 Å². The number of aryl methyl sites for hydroxylation is 1. The molecular formula is C12H13N3O3. The van der Waals surface area contributed by atoms with Crippen molar-refractivity contribution >= 4 is 11.8 Å². The number of rotatable bonds is 5. The zero-order valence-corrected chi connectivity index (χ0v) is 9.88. The van der Waals surface area contributed by atoms with Gasteiger partial charge in [-0.1, -0.05) is 6.92 Å². The molecule has 0 atom stereocenters. The highest BCUT2D eigenvalue weighted by Gasteiger charge is 2.04. The Balaban J connectivity index is 1.95. The van der Waals surface area contributed by atoms with Gasteiger partial charge in [-0.25, -0.2) is 14.8 Å². The monoisotopic (exact) mass is 247 g/mol. The van der Waals surface area contributed by atoms with Crippen molar-refractivity contribution in [2.24, 2.45) is 0 Å². The van der Waals surface area contributed by atoms with Crippen LogP contribution in [0.4, 0.5) is 5.82 Å². The topological polar surface area (TPSA) is 88.2 Å². The zero-order chi connectivity index (χ0) is 13.0. The molecule has 0 unspecified atom stereocenters. The fourth-order valence-corrected chi connectivity index (χ4v) is 1.38. The normalized spacial score (nSPS) is 10.3. The molecule has 0 aliphatic rings. The van der Waals surface area contributed by atoms with Gasteiger partial charge in [-0.2, -0.15) is 0 Å². The van der Waals surface area contributed by atoms with E-state index in [1.165, 1.54) is 12.3 Å². The van der Waals surface area contributed by atoms with E-state index in [4.69, 9.17) is 9.52 Å². The van der Waals surface area contributed by atoms with Crippen LogP contribution in [0.25, 0.3) is 0 Å². The lowest BCUT2D eigenvalue weighted by atomic mass is 10.3. The van der Waals surface area contributed by atoms with Crippen LogP contribution in [0.3, 0.4) is 0 Å². The number of aromatic carboxylic acids is 1. The van der Waals surface area contributed by atoms with Gasteiger partial charge in [0.2, 0.25) is 5.89 Å². The smallest absolute Gasteiger partial charge is 0.337 e. The fourth-order valence-electron chi connectivity index (χ4n) is 1.38. The number of aromatic nitrogens is 2. The lowest BCUT2D eigenvalue weighted by Crippen LogP contribution is -2.03. The van der Waals surface area contributed by atoms with E-state index in [-0.39, 0.29) is 5.56 Å². The molecule has 94 valence electrons. The van der Waals surface area contributed by atoms with Crippen LogP contribution in [0.5, 0.6) is 0 Å². The first-order valence-corrected chi connectivity index (χ1v) is 5.56. The number of anilines is 1. The van der Waals surface area contributed by atoms with Crippen molar-refractivity contribution in [2.75, 3.05) is 5.32 Å². The second kappa shape index (κ2) is 5.31. The Hall–Kier alpha value is -2.37. The van der Waals surface area contributed by atoms with Crippen molar-refractivity contribution in [3.63, 3.8) is 0 Å². The molecule has 2 aromatic rings. The summed E-state index contributed by atoms with van der Waals surface area (Å²) in [6.45, 7) is 2.41. The van der Waals surface area contributed by atoms with Crippen molar-refractivity contribution in [3.05, 3.63) is 41.7 Å². The van der Waals surface area contributed by atoms with Crippen LogP contribution in [-0.2, 0) is 13.0 Å². The predicted molar refractivity (Wildman–Crippen MR) is 64.4 cm³/mol. The van der Waals surface area contributed by atoms with Crippen LogP contribution in [0.2, 0.25) is 0 Å². The van der Waals surface area contributed by atoms with Crippen LogP contribution < -0.4 is 5.32 Å². The molecule has 0 amide bonds. The van der Waals surface area contributed by atoms with Gasteiger partial charge in [-0.15, -0.1) is 0 Å². The molecular weight excluding hydrogens is 234 g/mol. The third-order valence-corrected chi connectivity index (χ3v) is 2.38. The van der Waals surface area contributed by atoms with Crippen LogP contribution in [-0.4, -0.2) is 21.0 Å². The summed E-state index contributed by atoms with van der Waals surface area (Å²) in [5.41, 5.74) is 0.157. The van der Waals surface area contributed by atoms with Crippen LogP contribution >= 0.6 is 0 Å². The maximum absolute atomic E-state index is 10.6. The standard InChI is InChI=1S/C12H13N3O3/c1-2-9-6-15-11(18-9)7-14-10-4-3-8(5-13-10)12(16)17/h3-6H,2,7H2,1H3,(H,13,14)(H,16,17). The van der Waals surface area contributed by atoms with Gasteiger partial charge in [-0.3, -0.25) is 0 Å². The first-order valence-electron chi connectivity index (χ1n) is 5.56. The Morgan fingerprint density at radius 2 is 2.22 bits per heavy atom. The number of hydrogen-bond acceptors (Lipinski definition) is 5. The average molecular weight is 247 g/mol. The summed E-state index contributed by atoms with van der Waals surface area (Å²) < 4.78 is 5.42. The average Bonchev–Trinajstić information content (AvgIpc) is 2.85. The minimum atomic E-state index is -0.991. The molecule has 0 bridgehead atoms. The summed E-state index contributed by atoms with van der Waals surface area (Å²) in [4.78, 5) is 18.7. The minimum absolute atomic E-state index is 0.157. The number of hydrogen-bond donors (Lipinski definition) is 2. The number of carboxylic acid groups (broad SMARTS) is 1. The second-order valence-corrected chi connectivity index (χ2v) is 3.66. The summed E-state index contributed by atoms with van der Waals surface area (Å²) in [7, 11) is 0. The van der Waals surface area contributed by atoms with E-state index < -0.39 is 5.97 Å². The highest BCUT2D eigenvalue weighted by Crippen LogP contribution is 2.09. The number of carboxylic acids is 1. The molecule has 0 aromatic carbocycles. The molecule has 0 fully saturated rings. The first kappa shape index (κ1) is 12.1. The van der Waals surface area contributed by atoms with Crippen molar-refractivity contribution in [2.45, 2.75) is 19.9 Å². The Morgan fingerprint density at radius 1 is 1.39 bits per heavy atom. The third-order valence-electron chi connectivity index (χ3n) is 2.38. The van der Waals surface area contributed by atoms with Gasteiger partial charge in [0, 0.05) is 12.6 Å². The minimum Gasteiger partial charge on any atom is -0.478 e. The van der Waals surface area contributed by atoms with E-state index in [0.29, 0.717) is 18.3 Å². The summed E-state index contributed by atoms with van der Waals surface area (Å²) >= 11 is 0. The number of pyridine rings is 1. The van der Waals surface area contributed by atoms with Crippen molar-refractivity contribution in [1.82, 2.24) is 9.97 Å². The van der Waals surface area contributed by atoms with Crippen molar-refractivity contribution < 1.29 is 14.3 Å². The summed E-state index contributed by atoms with van der Waals surface area (Å²) in [6.07, 6.45) is 3.80. The Bertz CT molecular complexity index is 534.